The van der Waals surface area contributed by atoms with Gasteiger partial charge < -0.3 is 25.2 Å². The molecule has 0 radical (unpaired) electrons. The fraction of sp³-hybridized carbons (Fsp3) is 0.250. The topological polar surface area (TPSA) is 124 Å². The molecular weight excluding hydrogens is 400 g/mol. The Hall–Kier alpha value is -3.26. The molecule has 0 saturated carbocycles. The maximum atomic E-state index is 10.7. The van der Waals surface area contributed by atoms with E-state index in [1.807, 2.05) is 12.1 Å². The summed E-state index contributed by atoms with van der Waals surface area (Å²) in [4.78, 5) is 21.3. The van der Waals surface area contributed by atoms with Gasteiger partial charge in [0, 0.05) is 0 Å². The molecule has 4 N–H and O–H groups in total. The number of hydrogen-bond acceptors (Lipinski definition) is 5. The first-order valence-corrected chi connectivity index (χ1v) is 9.56. The van der Waals surface area contributed by atoms with Gasteiger partial charge in [0.2, 0.25) is 0 Å². The molecule has 2 aromatic carbocycles. The van der Waals surface area contributed by atoms with E-state index < -0.39 is 11.9 Å². The standard InChI is InChI=1S/2C10H10O2.C4H10O3/c2*1-2-5-8-6-3-4-7-9(8)10(11)12;5-1-3-7-4-2-6/h2*2-4,6-7H,1,5H2,(H,11,12);5-6H,1-4H2. The smallest absolute Gasteiger partial charge is 0.335 e. The SMILES string of the molecule is C=CCc1ccccc1C(=O)O.C=CCc1ccccc1C(=O)O.OCCOCCO. The Kier molecular flexibility index (Phi) is 15.7. The number of benzene rings is 2. The van der Waals surface area contributed by atoms with Gasteiger partial charge in [0.1, 0.15) is 0 Å². The molecular formula is C24H30O7. The largest absolute Gasteiger partial charge is 0.478 e. The van der Waals surface area contributed by atoms with E-state index in [9.17, 15) is 9.59 Å². The maximum Gasteiger partial charge on any atom is 0.335 e. The predicted molar refractivity (Wildman–Crippen MR) is 120 cm³/mol. The highest BCUT2D eigenvalue weighted by atomic mass is 16.5. The van der Waals surface area contributed by atoms with Gasteiger partial charge in [-0.3, -0.25) is 0 Å². The number of ether oxygens (including phenoxy) is 1. The zero-order valence-corrected chi connectivity index (χ0v) is 17.4. The van der Waals surface area contributed by atoms with Crippen molar-refractivity contribution in [3.05, 3.63) is 96.1 Å². The monoisotopic (exact) mass is 430 g/mol. The van der Waals surface area contributed by atoms with Gasteiger partial charge in [0.25, 0.3) is 0 Å². The lowest BCUT2D eigenvalue weighted by Gasteiger charge is -2.00. The van der Waals surface area contributed by atoms with Gasteiger partial charge >= 0.3 is 11.9 Å². The molecule has 0 aliphatic carbocycles. The number of aliphatic hydroxyl groups excluding tert-OH is 2. The fourth-order valence-electron chi connectivity index (χ4n) is 2.36. The Morgan fingerprint density at radius 3 is 1.39 bits per heavy atom. The van der Waals surface area contributed by atoms with Crippen LogP contribution in [0.1, 0.15) is 31.8 Å². The number of carbonyl (C=O) groups is 2. The van der Waals surface area contributed by atoms with Crippen LogP contribution in [0.15, 0.2) is 73.8 Å². The Balaban J connectivity index is 0.000000454. The third-order valence-electron chi connectivity index (χ3n) is 3.70. The molecule has 7 heteroatoms. The molecule has 2 aromatic rings. The van der Waals surface area contributed by atoms with Crippen molar-refractivity contribution in [2.75, 3.05) is 26.4 Å². The summed E-state index contributed by atoms with van der Waals surface area (Å²) in [6.07, 6.45) is 4.59. The molecule has 0 aliphatic rings. The maximum absolute atomic E-state index is 10.7. The summed E-state index contributed by atoms with van der Waals surface area (Å²) in [5.74, 6) is -1.76. The second-order valence-corrected chi connectivity index (χ2v) is 5.97. The minimum atomic E-state index is -0.882. The van der Waals surface area contributed by atoms with Crippen molar-refractivity contribution in [1.82, 2.24) is 0 Å². The zero-order valence-electron chi connectivity index (χ0n) is 17.4. The van der Waals surface area contributed by atoms with Crippen LogP contribution in [0.3, 0.4) is 0 Å². The average Bonchev–Trinajstić information content (AvgIpc) is 2.76. The van der Waals surface area contributed by atoms with Crippen molar-refractivity contribution in [2.45, 2.75) is 12.8 Å². The van der Waals surface area contributed by atoms with Crippen LogP contribution in [0.2, 0.25) is 0 Å². The van der Waals surface area contributed by atoms with Gasteiger partial charge in [0.05, 0.1) is 37.6 Å². The fourth-order valence-corrected chi connectivity index (χ4v) is 2.36. The Labute approximate surface area is 182 Å². The Morgan fingerprint density at radius 2 is 1.10 bits per heavy atom. The molecule has 0 fully saturated rings. The molecule has 0 saturated heterocycles. The Bertz CT molecular complexity index is 748. The summed E-state index contributed by atoms with van der Waals surface area (Å²) in [5, 5.41) is 33.7. The first-order chi connectivity index (χ1) is 14.9. The lowest BCUT2D eigenvalue weighted by Crippen LogP contribution is -2.03. The lowest BCUT2D eigenvalue weighted by molar-refractivity contribution is 0.0650. The lowest BCUT2D eigenvalue weighted by atomic mass is 10.1. The van der Waals surface area contributed by atoms with Gasteiger partial charge in [-0.2, -0.15) is 0 Å². The number of allylic oxidation sites excluding steroid dienone is 2. The number of carboxylic acids is 2. The predicted octanol–water partition coefficient (Wildman–Crippen LogP) is 3.21. The van der Waals surface area contributed by atoms with E-state index in [-0.39, 0.29) is 13.2 Å². The molecule has 168 valence electrons. The molecule has 0 unspecified atom stereocenters. The molecule has 0 heterocycles. The highest BCUT2D eigenvalue weighted by Gasteiger charge is 2.07. The second-order valence-electron chi connectivity index (χ2n) is 5.97. The first kappa shape index (κ1) is 27.7. The minimum absolute atomic E-state index is 0.0278. The van der Waals surface area contributed by atoms with Gasteiger partial charge in [-0.05, 0) is 36.1 Å². The van der Waals surface area contributed by atoms with Crippen molar-refractivity contribution in [1.29, 1.82) is 0 Å². The summed E-state index contributed by atoms with van der Waals surface area (Å²) >= 11 is 0. The van der Waals surface area contributed by atoms with Crippen LogP contribution in [0.4, 0.5) is 0 Å². The number of aliphatic hydroxyl groups is 2. The molecule has 0 aliphatic heterocycles. The summed E-state index contributed by atoms with van der Waals surface area (Å²) in [6, 6.07) is 13.9. The summed E-state index contributed by atoms with van der Waals surface area (Å²) in [6.45, 7) is 7.82. The van der Waals surface area contributed by atoms with Crippen LogP contribution >= 0.6 is 0 Å². The summed E-state index contributed by atoms with van der Waals surface area (Å²) in [7, 11) is 0. The molecule has 0 atom stereocenters. The molecule has 0 spiro atoms. The van der Waals surface area contributed by atoms with Crippen LogP contribution in [0, 0.1) is 0 Å². The Morgan fingerprint density at radius 1 is 0.742 bits per heavy atom. The summed E-state index contributed by atoms with van der Waals surface area (Å²) < 4.78 is 4.63. The average molecular weight is 430 g/mol. The van der Waals surface area contributed by atoms with E-state index in [0.29, 0.717) is 37.2 Å². The number of hydrogen-bond donors (Lipinski definition) is 4. The molecule has 0 aromatic heterocycles. The molecule has 31 heavy (non-hydrogen) atoms. The number of aromatic carboxylic acids is 2. The third-order valence-corrected chi connectivity index (χ3v) is 3.70. The molecule has 7 nitrogen and oxygen atoms in total. The van der Waals surface area contributed by atoms with Crippen molar-refractivity contribution >= 4 is 11.9 Å². The normalized spacial score (nSPS) is 9.35. The number of rotatable bonds is 10. The second kappa shape index (κ2) is 17.6. The number of carboxylic acid groups (broad SMARTS) is 2. The van der Waals surface area contributed by atoms with Gasteiger partial charge in [-0.15, -0.1) is 13.2 Å². The molecule has 0 amide bonds. The highest BCUT2D eigenvalue weighted by molar-refractivity contribution is 5.89. The molecule has 2 rings (SSSR count). The van der Waals surface area contributed by atoms with Crippen LogP contribution in [-0.4, -0.2) is 58.8 Å². The van der Waals surface area contributed by atoms with Crippen LogP contribution in [-0.2, 0) is 17.6 Å². The first-order valence-electron chi connectivity index (χ1n) is 9.56. The van der Waals surface area contributed by atoms with E-state index in [1.165, 1.54) is 0 Å². The van der Waals surface area contributed by atoms with E-state index in [4.69, 9.17) is 20.4 Å². The van der Waals surface area contributed by atoms with Crippen LogP contribution in [0.25, 0.3) is 0 Å². The van der Waals surface area contributed by atoms with Crippen molar-refractivity contribution < 1.29 is 34.8 Å². The quantitative estimate of drug-likeness (QED) is 0.337. The van der Waals surface area contributed by atoms with Gasteiger partial charge in [-0.25, -0.2) is 9.59 Å². The van der Waals surface area contributed by atoms with Crippen LogP contribution < -0.4 is 0 Å². The van der Waals surface area contributed by atoms with Crippen molar-refractivity contribution in [3.63, 3.8) is 0 Å². The van der Waals surface area contributed by atoms with Gasteiger partial charge in [0.15, 0.2) is 0 Å². The van der Waals surface area contributed by atoms with Crippen LogP contribution in [0.5, 0.6) is 0 Å². The third kappa shape index (κ3) is 12.1. The van der Waals surface area contributed by atoms with E-state index in [1.54, 1.807) is 48.6 Å². The van der Waals surface area contributed by atoms with E-state index >= 15 is 0 Å². The van der Waals surface area contributed by atoms with Gasteiger partial charge in [-0.1, -0.05) is 48.6 Å². The van der Waals surface area contributed by atoms with Crippen molar-refractivity contribution in [2.24, 2.45) is 0 Å². The molecule has 0 bridgehead atoms. The minimum Gasteiger partial charge on any atom is -0.478 e. The van der Waals surface area contributed by atoms with Crippen molar-refractivity contribution in [3.8, 4) is 0 Å². The summed E-state index contributed by atoms with van der Waals surface area (Å²) in [5.41, 5.74) is 2.33. The van der Waals surface area contributed by atoms with E-state index in [2.05, 4.69) is 17.9 Å². The highest BCUT2D eigenvalue weighted by Crippen LogP contribution is 2.10. The zero-order chi connectivity index (χ0) is 23.5. The van der Waals surface area contributed by atoms with E-state index in [0.717, 1.165) is 11.1 Å².